The quantitative estimate of drug-likeness (QED) is 0.671. The van der Waals surface area contributed by atoms with Gasteiger partial charge in [0.05, 0.1) is 0 Å². The zero-order valence-electron chi connectivity index (χ0n) is 7.77. The van der Waals surface area contributed by atoms with Crippen molar-refractivity contribution in [2.24, 2.45) is 0 Å². The Bertz CT molecular complexity index is 124. The van der Waals surface area contributed by atoms with Crippen molar-refractivity contribution in [3.05, 3.63) is 0 Å². The predicted molar refractivity (Wildman–Crippen MR) is 51.0 cm³/mol. The fraction of sp³-hybridized carbons (Fsp3) is 0.875. The van der Waals surface area contributed by atoms with Crippen LogP contribution in [0.1, 0.15) is 26.7 Å². The molecular weight excluding hydrogens is 176 g/mol. The van der Waals surface area contributed by atoms with E-state index >= 15 is 0 Å². The fourth-order valence-electron chi connectivity index (χ4n) is 0.959. The van der Waals surface area contributed by atoms with E-state index in [1.165, 1.54) is 0 Å². The van der Waals surface area contributed by atoms with Crippen molar-refractivity contribution in [2.75, 3.05) is 19.0 Å². The summed E-state index contributed by atoms with van der Waals surface area (Å²) in [4.78, 5) is 11.0. The summed E-state index contributed by atoms with van der Waals surface area (Å²) in [5, 5.41) is 1.64. The number of nitrogens with one attached hydrogen (secondary N) is 1. The third kappa shape index (κ3) is 3.93. The Hall–Kier alpha value is -0.280. The Balaban J connectivity index is 0.000000561. The van der Waals surface area contributed by atoms with Gasteiger partial charge in [0.2, 0.25) is 5.91 Å². The lowest BCUT2D eigenvalue weighted by Crippen LogP contribution is -2.36. The van der Waals surface area contributed by atoms with Crippen LogP contribution in [0.15, 0.2) is 0 Å². The molecule has 1 aliphatic rings. The summed E-state index contributed by atoms with van der Waals surface area (Å²) >= 11 is 5.40. The average molecular weight is 193 g/mol. The number of hydrazine groups is 1. The first kappa shape index (κ1) is 11.7. The van der Waals surface area contributed by atoms with E-state index in [0.717, 1.165) is 19.5 Å². The summed E-state index contributed by atoms with van der Waals surface area (Å²) in [5.74, 6) is 0.518. The predicted octanol–water partition coefficient (Wildman–Crippen LogP) is 1.38. The van der Waals surface area contributed by atoms with Gasteiger partial charge in [-0.05, 0) is 6.42 Å². The lowest BCUT2D eigenvalue weighted by molar-refractivity contribution is -0.132. The zero-order valence-corrected chi connectivity index (χ0v) is 8.52. The summed E-state index contributed by atoms with van der Waals surface area (Å²) in [6.45, 7) is 5.74. The fourth-order valence-corrected chi connectivity index (χ4v) is 1.12. The van der Waals surface area contributed by atoms with Gasteiger partial charge in [-0.1, -0.05) is 13.8 Å². The standard InChI is InChI=1S/C6H11ClN2O.C2H6/c7-3-2-6(10)9-5-1-4-8-9;1-2/h8H,1-5H2;1-2H3. The monoisotopic (exact) mass is 192 g/mol. The van der Waals surface area contributed by atoms with Crippen LogP contribution in [-0.2, 0) is 4.79 Å². The Morgan fingerprint density at radius 1 is 1.58 bits per heavy atom. The van der Waals surface area contributed by atoms with Crippen molar-refractivity contribution in [1.29, 1.82) is 0 Å². The lowest BCUT2D eigenvalue weighted by atomic mass is 10.4. The molecule has 3 nitrogen and oxygen atoms in total. The van der Waals surface area contributed by atoms with E-state index in [9.17, 15) is 4.79 Å². The largest absolute Gasteiger partial charge is 0.278 e. The molecule has 0 aromatic heterocycles. The molecule has 1 aliphatic heterocycles. The maximum absolute atomic E-state index is 11.0. The number of nitrogens with zero attached hydrogens (tertiary/aromatic N) is 1. The molecule has 1 fully saturated rings. The molecule has 72 valence electrons. The molecule has 1 amide bonds. The second kappa shape index (κ2) is 7.37. The molecule has 0 radical (unpaired) electrons. The summed E-state index contributed by atoms with van der Waals surface area (Å²) in [6.07, 6.45) is 1.49. The topological polar surface area (TPSA) is 32.3 Å². The maximum atomic E-state index is 11.0. The number of carbonyl (C=O) groups is 1. The number of hydrogen-bond acceptors (Lipinski definition) is 2. The minimum absolute atomic E-state index is 0.104. The Morgan fingerprint density at radius 2 is 2.25 bits per heavy atom. The smallest absolute Gasteiger partial charge is 0.237 e. The van der Waals surface area contributed by atoms with E-state index in [1.807, 2.05) is 13.8 Å². The Morgan fingerprint density at radius 3 is 2.67 bits per heavy atom. The lowest BCUT2D eigenvalue weighted by Gasteiger charge is -2.13. The Labute approximate surface area is 79.0 Å². The zero-order chi connectivity index (χ0) is 9.40. The van der Waals surface area contributed by atoms with Gasteiger partial charge in [0, 0.05) is 25.4 Å². The number of rotatable bonds is 2. The normalized spacial score (nSPS) is 15.4. The van der Waals surface area contributed by atoms with Crippen LogP contribution in [0.4, 0.5) is 0 Å². The second-order valence-corrected chi connectivity index (χ2v) is 2.62. The van der Waals surface area contributed by atoms with E-state index in [0.29, 0.717) is 12.3 Å². The van der Waals surface area contributed by atoms with Gasteiger partial charge in [0.1, 0.15) is 0 Å². The highest BCUT2D eigenvalue weighted by Gasteiger charge is 2.15. The van der Waals surface area contributed by atoms with Gasteiger partial charge >= 0.3 is 0 Å². The molecule has 12 heavy (non-hydrogen) atoms. The van der Waals surface area contributed by atoms with Crippen LogP contribution in [0.2, 0.25) is 0 Å². The van der Waals surface area contributed by atoms with Gasteiger partial charge < -0.3 is 0 Å². The van der Waals surface area contributed by atoms with Crippen molar-refractivity contribution in [3.8, 4) is 0 Å². The molecule has 1 saturated heterocycles. The van der Waals surface area contributed by atoms with Gasteiger partial charge in [-0.25, -0.2) is 5.43 Å². The number of hydrogen-bond donors (Lipinski definition) is 1. The number of halogens is 1. The molecule has 0 bridgehead atoms. The second-order valence-electron chi connectivity index (χ2n) is 2.25. The van der Waals surface area contributed by atoms with Gasteiger partial charge in [0.15, 0.2) is 0 Å². The van der Waals surface area contributed by atoms with Crippen LogP contribution in [0.5, 0.6) is 0 Å². The van der Waals surface area contributed by atoms with Gasteiger partial charge in [-0.15, -0.1) is 11.6 Å². The molecule has 0 aromatic rings. The van der Waals surface area contributed by atoms with E-state index in [4.69, 9.17) is 11.6 Å². The van der Waals surface area contributed by atoms with Crippen molar-refractivity contribution >= 4 is 17.5 Å². The highest BCUT2D eigenvalue weighted by molar-refractivity contribution is 6.18. The van der Waals surface area contributed by atoms with E-state index in [1.54, 1.807) is 5.01 Å². The molecule has 1 rings (SSSR count). The van der Waals surface area contributed by atoms with Gasteiger partial charge in [-0.2, -0.15) is 0 Å². The van der Waals surface area contributed by atoms with Crippen molar-refractivity contribution in [2.45, 2.75) is 26.7 Å². The number of carbonyl (C=O) groups excluding carboxylic acids is 1. The highest BCUT2D eigenvalue weighted by Crippen LogP contribution is 1.99. The minimum atomic E-state index is 0.104. The first-order chi connectivity index (χ1) is 5.84. The van der Waals surface area contributed by atoms with Gasteiger partial charge in [0.25, 0.3) is 0 Å². The molecule has 0 spiro atoms. The van der Waals surface area contributed by atoms with Crippen LogP contribution in [0.3, 0.4) is 0 Å². The van der Waals surface area contributed by atoms with Crippen LogP contribution >= 0.6 is 11.6 Å². The molecule has 1 N–H and O–H groups in total. The van der Waals surface area contributed by atoms with Crippen LogP contribution < -0.4 is 5.43 Å². The van der Waals surface area contributed by atoms with E-state index in [2.05, 4.69) is 5.43 Å². The Kier molecular flexibility index (Phi) is 7.20. The first-order valence-corrected chi connectivity index (χ1v) is 4.98. The number of alkyl halides is 1. The highest BCUT2D eigenvalue weighted by atomic mass is 35.5. The van der Waals surface area contributed by atoms with Crippen LogP contribution in [0, 0.1) is 0 Å². The average Bonchev–Trinajstić information content (AvgIpc) is 2.60. The van der Waals surface area contributed by atoms with Crippen molar-refractivity contribution in [1.82, 2.24) is 10.4 Å². The summed E-state index contributed by atoms with van der Waals surface area (Å²) < 4.78 is 0. The molecule has 0 unspecified atom stereocenters. The molecule has 4 heteroatoms. The van der Waals surface area contributed by atoms with Crippen molar-refractivity contribution < 1.29 is 4.79 Å². The van der Waals surface area contributed by atoms with E-state index in [-0.39, 0.29) is 5.91 Å². The molecule has 0 saturated carbocycles. The third-order valence-corrected chi connectivity index (χ3v) is 1.66. The van der Waals surface area contributed by atoms with E-state index < -0.39 is 0 Å². The third-order valence-electron chi connectivity index (χ3n) is 1.47. The molecule has 1 heterocycles. The van der Waals surface area contributed by atoms with Crippen LogP contribution in [-0.4, -0.2) is 29.9 Å². The summed E-state index contributed by atoms with van der Waals surface area (Å²) in [7, 11) is 0. The summed E-state index contributed by atoms with van der Waals surface area (Å²) in [5.41, 5.74) is 2.97. The summed E-state index contributed by atoms with van der Waals surface area (Å²) in [6, 6.07) is 0. The molecule has 0 atom stereocenters. The SMILES string of the molecule is CC.O=C(CCCl)N1CCCN1. The molecule has 0 aliphatic carbocycles. The molecule has 0 aromatic carbocycles. The maximum Gasteiger partial charge on any atom is 0.237 e. The van der Waals surface area contributed by atoms with Gasteiger partial charge in [-0.3, -0.25) is 9.80 Å². The number of amides is 1. The molecular formula is C8H17ClN2O. The minimum Gasteiger partial charge on any atom is -0.278 e. The van der Waals surface area contributed by atoms with Crippen molar-refractivity contribution in [3.63, 3.8) is 0 Å². The first-order valence-electron chi connectivity index (χ1n) is 4.44. The van der Waals surface area contributed by atoms with Crippen LogP contribution in [0.25, 0.3) is 0 Å².